The molecule has 0 spiro atoms. The highest BCUT2D eigenvalue weighted by Gasteiger charge is 2.21. The Morgan fingerprint density at radius 1 is 0.778 bits per heavy atom. The van der Waals surface area contributed by atoms with Crippen molar-refractivity contribution in [2.45, 2.75) is 25.7 Å². The Kier molecular flexibility index (Phi) is 6.88. The fraction of sp³-hybridized carbons (Fsp3) is 0.364. The summed E-state index contributed by atoms with van der Waals surface area (Å²) >= 11 is 5.90. The van der Waals surface area contributed by atoms with Gasteiger partial charge in [-0.2, -0.15) is 0 Å². The average molecular weight is 385 g/mol. The molecule has 1 aliphatic rings. The minimum Gasteiger partial charge on any atom is -0.341 e. The van der Waals surface area contributed by atoms with Crippen LogP contribution in [0.4, 0.5) is 0 Å². The van der Waals surface area contributed by atoms with E-state index in [1.165, 1.54) is 0 Å². The van der Waals surface area contributed by atoms with Crippen LogP contribution in [0.25, 0.3) is 0 Å². The van der Waals surface area contributed by atoms with Gasteiger partial charge in [0.1, 0.15) is 0 Å². The minimum atomic E-state index is 0.136. The predicted octanol–water partition coefficient (Wildman–Crippen LogP) is 3.58. The maximum atomic E-state index is 12.6. The molecule has 1 fully saturated rings. The summed E-state index contributed by atoms with van der Waals surface area (Å²) in [4.78, 5) is 28.9. The largest absolute Gasteiger partial charge is 0.341 e. The monoisotopic (exact) mass is 384 g/mol. The molecule has 0 aromatic heterocycles. The van der Waals surface area contributed by atoms with E-state index in [0.717, 1.165) is 17.5 Å². The minimum absolute atomic E-state index is 0.136. The number of benzene rings is 2. The van der Waals surface area contributed by atoms with Gasteiger partial charge >= 0.3 is 0 Å². The second kappa shape index (κ2) is 9.56. The highest BCUT2D eigenvalue weighted by molar-refractivity contribution is 6.30. The zero-order valence-electron chi connectivity index (χ0n) is 15.4. The molecule has 3 rings (SSSR count). The molecule has 4 nitrogen and oxygen atoms in total. The van der Waals surface area contributed by atoms with E-state index < -0.39 is 0 Å². The summed E-state index contributed by atoms with van der Waals surface area (Å²) < 4.78 is 0. The van der Waals surface area contributed by atoms with Crippen LogP contribution in [0.1, 0.15) is 24.0 Å². The predicted molar refractivity (Wildman–Crippen MR) is 108 cm³/mol. The van der Waals surface area contributed by atoms with Crippen molar-refractivity contribution >= 4 is 23.4 Å². The summed E-state index contributed by atoms with van der Waals surface area (Å²) in [7, 11) is 0. The van der Waals surface area contributed by atoms with Gasteiger partial charge in [-0.1, -0.05) is 54.1 Å². The van der Waals surface area contributed by atoms with Crippen LogP contribution in [0.3, 0.4) is 0 Å². The van der Waals surface area contributed by atoms with Crippen LogP contribution in [0.5, 0.6) is 0 Å². The number of carbonyl (C=O) groups excluding carboxylic acids is 2. The highest BCUT2D eigenvalue weighted by Crippen LogP contribution is 2.13. The first kappa shape index (κ1) is 19.4. The smallest absolute Gasteiger partial charge is 0.227 e. The van der Waals surface area contributed by atoms with E-state index in [9.17, 15) is 9.59 Å². The van der Waals surface area contributed by atoms with E-state index in [1.807, 2.05) is 64.4 Å². The van der Waals surface area contributed by atoms with E-state index in [-0.39, 0.29) is 11.8 Å². The Balaban J connectivity index is 1.47. The highest BCUT2D eigenvalue weighted by atomic mass is 35.5. The van der Waals surface area contributed by atoms with Crippen LogP contribution >= 0.6 is 11.6 Å². The Hall–Kier alpha value is -2.33. The summed E-state index contributed by atoms with van der Waals surface area (Å²) in [5, 5.41) is 0.706. The van der Waals surface area contributed by atoms with Crippen LogP contribution in [-0.4, -0.2) is 47.8 Å². The molecule has 1 aliphatic heterocycles. The first-order chi connectivity index (χ1) is 13.1. The lowest BCUT2D eigenvalue weighted by molar-refractivity contribution is -0.133. The summed E-state index contributed by atoms with van der Waals surface area (Å²) in [6.45, 7) is 2.65. The fourth-order valence-electron chi connectivity index (χ4n) is 3.36. The summed E-state index contributed by atoms with van der Waals surface area (Å²) in [6.07, 6.45) is 2.45. The Labute approximate surface area is 165 Å². The molecule has 0 aliphatic carbocycles. The first-order valence-electron chi connectivity index (χ1n) is 9.46. The third kappa shape index (κ3) is 5.83. The summed E-state index contributed by atoms with van der Waals surface area (Å²) in [5.74, 6) is 0.291. The van der Waals surface area contributed by atoms with E-state index in [4.69, 9.17) is 11.6 Å². The molecule has 1 saturated heterocycles. The lowest BCUT2D eigenvalue weighted by Gasteiger charge is -2.22. The summed E-state index contributed by atoms with van der Waals surface area (Å²) in [6, 6.07) is 17.4. The molecule has 0 saturated carbocycles. The average Bonchev–Trinajstić information content (AvgIpc) is 2.94. The molecular weight excluding hydrogens is 360 g/mol. The van der Waals surface area contributed by atoms with Crippen LogP contribution in [0.15, 0.2) is 54.6 Å². The standard InChI is InChI=1S/C22H25ClN2O2/c23-20-10-7-18(8-11-20)9-12-21(26)24-13-4-14-25(16-15-24)22(27)17-19-5-2-1-3-6-19/h1-3,5-8,10-11H,4,9,12-17H2. The number of hydrogen-bond donors (Lipinski definition) is 0. The van der Waals surface area contributed by atoms with Gasteiger partial charge in [0.05, 0.1) is 6.42 Å². The fourth-order valence-corrected chi connectivity index (χ4v) is 3.48. The summed E-state index contributed by atoms with van der Waals surface area (Å²) in [5.41, 5.74) is 2.14. The number of rotatable bonds is 5. The van der Waals surface area contributed by atoms with E-state index in [2.05, 4.69) is 0 Å². The molecule has 0 bridgehead atoms. The van der Waals surface area contributed by atoms with Crippen LogP contribution in [0, 0.1) is 0 Å². The topological polar surface area (TPSA) is 40.6 Å². The van der Waals surface area contributed by atoms with Crippen molar-refractivity contribution < 1.29 is 9.59 Å². The van der Waals surface area contributed by atoms with Gasteiger partial charge in [-0.25, -0.2) is 0 Å². The Bertz CT molecular complexity index is 762. The number of nitrogens with zero attached hydrogens (tertiary/aromatic N) is 2. The second-order valence-corrected chi connectivity index (χ2v) is 7.34. The molecule has 0 atom stereocenters. The van der Waals surface area contributed by atoms with Crippen LogP contribution in [0.2, 0.25) is 5.02 Å². The maximum absolute atomic E-state index is 12.6. The molecule has 1 heterocycles. The van der Waals surface area contributed by atoms with Crippen molar-refractivity contribution in [3.63, 3.8) is 0 Å². The van der Waals surface area contributed by atoms with Gasteiger partial charge in [0.25, 0.3) is 0 Å². The van der Waals surface area contributed by atoms with Gasteiger partial charge in [-0.05, 0) is 36.1 Å². The van der Waals surface area contributed by atoms with Gasteiger partial charge in [0.15, 0.2) is 0 Å². The molecule has 0 N–H and O–H groups in total. The van der Waals surface area contributed by atoms with E-state index in [1.54, 1.807) is 0 Å². The molecule has 0 radical (unpaired) electrons. The third-order valence-electron chi connectivity index (χ3n) is 4.94. The van der Waals surface area contributed by atoms with Crippen LogP contribution in [-0.2, 0) is 22.4 Å². The Morgan fingerprint density at radius 3 is 2.07 bits per heavy atom. The van der Waals surface area contributed by atoms with Gasteiger partial charge in [-0.15, -0.1) is 0 Å². The third-order valence-corrected chi connectivity index (χ3v) is 5.19. The van der Waals surface area contributed by atoms with Crippen molar-refractivity contribution in [1.29, 1.82) is 0 Å². The van der Waals surface area contributed by atoms with Crippen molar-refractivity contribution in [3.8, 4) is 0 Å². The molecule has 0 unspecified atom stereocenters. The second-order valence-electron chi connectivity index (χ2n) is 6.90. The van der Waals surface area contributed by atoms with Crippen molar-refractivity contribution in [2.24, 2.45) is 0 Å². The molecule has 142 valence electrons. The zero-order chi connectivity index (χ0) is 19.1. The number of amides is 2. The van der Waals surface area contributed by atoms with Gasteiger partial charge in [0.2, 0.25) is 11.8 Å². The molecular formula is C22H25ClN2O2. The van der Waals surface area contributed by atoms with Gasteiger partial charge < -0.3 is 9.80 Å². The number of halogens is 1. The van der Waals surface area contributed by atoms with Crippen molar-refractivity contribution in [3.05, 3.63) is 70.7 Å². The number of hydrogen-bond acceptors (Lipinski definition) is 2. The molecule has 27 heavy (non-hydrogen) atoms. The van der Waals surface area contributed by atoms with Gasteiger partial charge in [-0.3, -0.25) is 9.59 Å². The Morgan fingerprint density at radius 2 is 1.41 bits per heavy atom. The SMILES string of the molecule is O=C(CCc1ccc(Cl)cc1)N1CCCN(C(=O)Cc2ccccc2)CC1. The number of aryl methyl sites for hydroxylation is 1. The quantitative estimate of drug-likeness (QED) is 0.790. The molecule has 2 amide bonds. The van der Waals surface area contributed by atoms with Gasteiger partial charge in [0, 0.05) is 37.6 Å². The van der Waals surface area contributed by atoms with Crippen LogP contribution < -0.4 is 0 Å². The van der Waals surface area contributed by atoms with E-state index in [0.29, 0.717) is 50.5 Å². The molecule has 2 aromatic rings. The van der Waals surface area contributed by atoms with E-state index >= 15 is 0 Å². The molecule has 5 heteroatoms. The number of carbonyl (C=O) groups is 2. The van der Waals surface area contributed by atoms with Crippen molar-refractivity contribution in [2.75, 3.05) is 26.2 Å². The lowest BCUT2D eigenvalue weighted by Crippen LogP contribution is -2.38. The normalized spacial score (nSPS) is 14.7. The lowest BCUT2D eigenvalue weighted by atomic mass is 10.1. The molecule has 2 aromatic carbocycles. The maximum Gasteiger partial charge on any atom is 0.227 e. The van der Waals surface area contributed by atoms with Crippen molar-refractivity contribution in [1.82, 2.24) is 9.80 Å². The first-order valence-corrected chi connectivity index (χ1v) is 9.83. The zero-order valence-corrected chi connectivity index (χ0v) is 16.2.